The van der Waals surface area contributed by atoms with E-state index in [9.17, 15) is 0 Å². The molecule has 1 aliphatic heterocycles. The fourth-order valence-corrected chi connectivity index (χ4v) is 1.69. The molecular formula is C11H12N2. The molecule has 1 aromatic rings. The summed E-state index contributed by atoms with van der Waals surface area (Å²) in [6.07, 6.45) is 0. The molecular weight excluding hydrogens is 160 g/mol. The average Bonchev–Trinajstić information content (AvgIpc) is 2.41. The molecule has 66 valence electrons. The second-order valence-electron chi connectivity index (χ2n) is 3.10. The van der Waals surface area contributed by atoms with Crippen LogP contribution in [0.2, 0.25) is 0 Å². The summed E-state index contributed by atoms with van der Waals surface area (Å²) in [7, 11) is 3.80. The van der Waals surface area contributed by atoms with E-state index in [4.69, 9.17) is 0 Å². The minimum absolute atomic E-state index is 1.00. The van der Waals surface area contributed by atoms with Crippen molar-refractivity contribution >= 4 is 11.5 Å². The van der Waals surface area contributed by atoms with Gasteiger partial charge in [-0.25, -0.2) is 0 Å². The van der Waals surface area contributed by atoms with Gasteiger partial charge in [-0.2, -0.15) is 0 Å². The first-order chi connectivity index (χ1) is 6.25. The molecule has 0 atom stereocenters. The van der Waals surface area contributed by atoms with Gasteiger partial charge < -0.3 is 4.90 Å². The van der Waals surface area contributed by atoms with Crippen molar-refractivity contribution in [3.05, 3.63) is 42.0 Å². The Morgan fingerprint density at radius 2 is 1.85 bits per heavy atom. The molecule has 1 aliphatic rings. The van der Waals surface area contributed by atoms with Gasteiger partial charge in [0.15, 0.2) is 0 Å². The molecule has 13 heavy (non-hydrogen) atoms. The third kappa shape index (κ3) is 0.985. The Morgan fingerprint density at radius 3 is 2.46 bits per heavy atom. The first-order valence-electron chi connectivity index (χ1n) is 4.25. The van der Waals surface area contributed by atoms with Crippen molar-refractivity contribution in [2.45, 2.75) is 0 Å². The molecule has 0 N–H and O–H groups in total. The summed E-state index contributed by atoms with van der Waals surface area (Å²) in [5.41, 5.74) is 3.39. The standard InChI is InChI=1S/C11H12N2/c1-8-9-6-4-5-7-10(9)11(12-2)13(8)3/h4-7H,1H2,2-3H3. The van der Waals surface area contributed by atoms with Crippen LogP contribution in [-0.2, 0) is 0 Å². The number of hydrogen-bond acceptors (Lipinski definition) is 1. The number of hydrogen-bond donors (Lipinski definition) is 0. The van der Waals surface area contributed by atoms with E-state index in [1.165, 1.54) is 11.1 Å². The van der Waals surface area contributed by atoms with E-state index >= 15 is 0 Å². The van der Waals surface area contributed by atoms with Crippen LogP contribution in [0.3, 0.4) is 0 Å². The summed E-state index contributed by atoms with van der Waals surface area (Å²) < 4.78 is 0. The van der Waals surface area contributed by atoms with Crippen molar-refractivity contribution < 1.29 is 0 Å². The van der Waals surface area contributed by atoms with E-state index in [1.807, 2.05) is 24.1 Å². The van der Waals surface area contributed by atoms with E-state index in [1.54, 1.807) is 7.05 Å². The van der Waals surface area contributed by atoms with Crippen LogP contribution in [0.5, 0.6) is 0 Å². The average molecular weight is 172 g/mol. The molecule has 1 aromatic carbocycles. The molecule has 2 heteroatoms. The summed E-state index contributed by atoms with van der Waals surface area (Å²) in [5, 5.41) is 0. The number of nitrogens with zero attached hydrogens (tertiary/aromatic N) is 2. The Hall–Kier alpha value is -1.57. The van der Waals surface area contributed by atoms with Crippen LogP contribution in [0.25, 0.3) is 5.70 Å². The van der Waals surface area contributed by atoms with Gasteiger partial charge in [-0.1, -0.05) is 30.8 Å². The zero-order valence-electron chi connectivity index (χ0n) is 7.91. The van der Waals surface area contributed by atoms with Gasteiger partial charge in [-0.05, 0) is 0 Å². The Labute approximate surface area is 78.2 Å². The highest BCUT2D eigenvalue weighted by atomic mass is 15.2. The minimum Gasteiger partial charge on any atom is -0.329 e. The highest BCUT2D eigenvalue weighted by Crippen LogP contribution is 2.29. The van der Waals surface area contributed by atoms with E-state index < -0.39 is 0 Å². The lowest BCUT2D eigenvalue weighted by Crippen LogP contribution is -2.17. The zero-order valence-corrected chi connectivity index (χ0v) is 7.91. The number of aliphatic imine (C=N–C) groups is 1. The normalized spacial score (nSPS) is 18.2. The topological polar surface area (TPSA) is 15.6 Å². The van der Waals surface area contributed by atoms with Gasteiger partial charge >= 0.3 is 0 Å². The zero-order chi connectivity index (χ0) is 9.42. The molecule has 1 heterocycles. The molecule has 2 rings (SSSR count). The van der Waals surface area contributed by atoms with Gasteiger partial charge in [0.2, 0.25) is 0 Å². The van der Waals surface area contributed by atoms with Crippen LogP contribution in [-0.4, -0.2) is 24.8 Å². The molecule has 0 amide bonds. The van der Waals surface area contributed by atoms with E-state index in [2.05, 4.69) is 23.7 Å². The lowest BCUT2D eigenvalue weighted by molar-refractivity contribution is 0.738. The lowest BCUT2D eigenvalue weighted by Gasteiger charge is -2.12. The number of benzene rings is 1. The minimum atomic E-state index is 1.00. The third-order valence-corrected chi connectivity index (χ3v) is 2.41. The van der Waals surface area contributed by atoms with Crippen LogP contribution >= 0.6 is 0 Å². The van der Waals surface area contributed by atoms with Crippen molar-refractivity contribution in [1.29, 1.82) is 0 Å². The fraction of sp³-hybridized carbons (Fsp3) is 0.182. The highest BCUT2D eigenvalue weighted by Gasteiger charge is 2.24. The summed E-state index contributed by atoms with van der Waals surface area (Å²) >= 11 is 0. The van der Waals surface area contributed by atoms with Crippen molar-refractivity contribution in [1.82, 2.24) is 4.90 Å². The Bertz CT molecular complexity index is 391. The second-order valence-corrected chi connectivity index (χ2v) is 3.10. The molecule has 0 fully saturated rings. The van der Waals surface area contributed by atoms with Crippen molar-refractivity contribution in [3.63, 3.8) is 0 Å². The molecule has 0 saturated carbocycles. The molecule has 0 aliphatic carbocycles. The van der Waals surface area contributed by atoms with Gasteiger partial charge in [-0.15, -0.1) is 0 Å². The first-order valence-corrected chi connectivity index (χ1v) is 4.25. The maximum absolute atomic E-state index is 4.24. The van der Waals surface area contributed by atoms with Crippen LogP contribution in [0.4, 0.5) is 0 Å². The van der Waals surface area contributed by atoms with Crippen molar-refractivity contribution in [3.8, 4) is 0 Å². The fourth-order valence-electron chi connectivity index (χ4n) is 1.69. The predicted octanol–water partition coefficient (Wildman–Crippen LogP) is 1.98. The lowest BCUT2D eigenvalue weighted by atomic mass is 10.1. The quantitative estimate of drug-likeness (QED) is 0.584. The monoisotopic (exact) mass is 172 g/mol. The van der Waals surface area contributed by atoms with E-state index in [-0.39, 0.29) is 0 Å². The highest BCUT2D eigenvalue weighted by molar-refractivity contribution is 6.11. The molecule has 0 bridgehead atoms. The van der Waals surface area contributed by atoms with Gasteiger partial charge in [0, 0.05) is 30.9 Å². The van der Waals surface area contributed by atoms with Crippen molar-refractivity contribution in [2.75, 3.05) is 14.1 Å². The summed E-state index contributed by atoms with van der Waals surface area (Å²) in [4.78, 5) is 6.26. The maximum atomic E-state index is 4.24. The van der Waals surface area contributed by atoms with Gasteiger partial charge in [0.25, 0.3) is 0 Å². The number of amidine groups is 1. The summed E-state index contributed by atoms with van der Waals surface area (Å²) in [6.45, 7) is 4.02. The molecule has 0 aromatic heterocycles. The first kappa shape index (κ1) is 8.05. The van der Waals surface area contributed by atoms with E-state index in [0.717, 1.165) is 11.5 Å². The van der Waals surface area contributed by atoms with Gasteiger partial charge in [0.1, 0.15) is 5.84 Å². The maximum Gasteiger partial charge on any atom is 0.135 e. The van der Waals surface area contributed by atoms with Gasteiger partial charge in [-0.3, -0.25) is 4.99 Å². The largest absolute Gasteiger partial charge is 0.329 e. The Kier molecular flexibility index (Phi) is 1.69. The summed E-state index contributed by atoms with van der Waals surface area (Å²) in [6, 6.07) is 8.20. The van der Waals surface area contributed by atoms with Crippen LogP contribution in [0.1, 0.15) is 11.1 Å². The summed E-state index contributed by atoms with van der Waals surface area (Å²) in [5.74, 6) is 1.00. The third-order valence-electron chi connectivity index (χ3n) is 2.41. The smallest absolute Gasteiger partial charge is 0.135 e. The van der Waals surface area contributed by atoms with Crippen molar-refractivity contribution in [2.24, 2.45) is 4.99 Å². The Morgan fingerprint density at radius 1 is 1.23 bits per heavy atom. The molecule has 0 spiro atoms. The number of fused-ring (bicyclic) bond motifs is 1. The number of rotatable bonds is 0. The van der Waals surface area contributed by atoms with Crippen LogP contribution < -0.4 is 0 Å². The van der Waals surface area contributed by atoms with E-state index in [0.29, 0.717) is 0 Å². The van der Waals surface area contributed by atoms with Crippen LogP contribution in [0, 0.1) is 0 Å². The Balaban J connectivity index is 2.67. The molecule has 0 unspecified atom stereocenters. The second kappa shape index (κ2) is 2.73. The molecule has 2 nitrogen and oxygen atoms in total. The van der Waals surface area contributed by atoms with Crippen LogP contribution in [0.15, 0.2) is 35.8 Å². The molecule has 0 radical (unpaired) electrons. The predicted molar refractivity (Wildman–Crippen MR) is 55.7 cm³/mol. The van der Waals surface area contributed by atoms with Gasteiger partial charge in [0.05, 0.1) is 0 Å². The molecule has 0 saturated heterocycles. The SMILES string of the molecule is C=C1c2ccccc2C(=NC)N1C.